The third-order valence-corrected chi connectivity index (χ3v) is 4.58. The van der Waals surface area contributed by atoms with Gasteiger partial charge in [0.15, 0.2) is 0 Å². The Hall–Kier alpha value is -2.46. The van der Waals surface area contributed by atoms with Gasteiger partial charge in [0.1, 0.15) is 5.75 Å². The van der Waals surface area contributed by atoms with Gasteiger partial charge in [-0.05, 0) is 42.6 Å². The number of benzene rings is 3. The van der Waals surface area contributed by atoms with Gasteiger partial charge in [0.25, 0.3) is 0 Å². The number of amides is 1. The van der Waals surface area contributed by atoms with Gasteiger partial charge in [-0.15, -0.1) is 11.8 Å². The third-order valence-electron chi connectivity index (χ3n) is 3.57. The van der Waals surface area contributed by atoms with Crippen molar-refractivity contribution in [2.75, 3.05) is 17.7 Å². The summed E-state index contributed by atoms with van der Waals surface area (Å²) >= 11 is 1.51. The summed E-state index contributed by atoms with van der Waals surface area (Å²) in [7, 11) is 0. The maximum absolute atomic E-state index is 12.2. The zero-order valence-corrected chi connectivity index (χ0v) is 14.3. The number of thioether (sulfide) groups is 1. The lowest BCUT2D eigenvalue weighted by molar-refractivity contribution is -0.113. The van der Waals surface area contributed by atoms with Crippen molar-refractivity contribution in [3.8, 4) is 5.75 Å². The SMILES string of the molecule is CCOc1ccc(SCC(=O)Nc2cccc3ccccc23)cc1. The molecule has 0 saturated heterocycles. The van der Waals surface area contributed by atoms with Crippen molar-refractivity contribution < 1.29 is 9.53 Å². The maximum atomic E-state index is 12.2. The average Bonchev–Trinajstić information content (AvgIpc) is 2.62. The number of hydrogen-bond acceptors (Lipinski definition) is 3. The van der Waals surface area contributed by atoms with Crippen LogP contribution in [0.2, 0.25) is 0 Å². The zero-order chi connectivity index (χ0) is 16.8. The fourth-order valence-corrected chi connectivity index (χ4v) is 3.17. The van der Waals surface area contributed by atoms with Crippen LogP contribution < -0.4 is 10.1 Å². The van der Waals surface area contributed by atoms with Gasteiger partial charge in [0.2, 0.25) is 5.91 Å². The standard InChI is InChI=1S/C20H19NO2S/c1-2-23-16-10-12-17(13-11-16)24-14-20(22)21-19-9-5-7-15-6-3-4-8-18(15)19/h3-13H,2,14H2,1H3,(H,21,22). The molecule has 0 atom stereocenters. The number of rotatable bonds is 6. The molecule has 1 N–H and O–H groups in total. The van der Waals surface area contributed by atoms with Crippen LogP contribution in [0.25, 0.3) is 10.8 Å². The minimum absolute atomic E-state index is 0.00904. The number of carbonyl (C=O) groups excluding carboxylic acids is 1. The molecule has 3 aromatic rings. The minimum Gasteiger partial charge on any atom is -0.494 e. The van der Waals surface area contributed by atoms with Crippen LogP contribution in [0.1, 0.15) is 6.92 Å². The second-order valence-electron chi connectivity index (χ2n) is 5.27. The van der Waals surface area contributed by atoms with E-state index in [9.17, 15) is 4.79 Å². The molecule has 0 saturated carbocycles. The number of carbonyl (C=O) groups is 1. The van der Waals surface area contributed by atoms with E-state index in [1.807, 2.05) is 73.7 Å². The van der Waals surface area contributed by atoms with E-state index in [2.05, 4.69) is 5.32 Å². The highest BCUT2D eigenvalue weighted by atomic mass is 32.2. The summed E-state index contributed by atoms with van der Waals surface area (Å²) in [5.74, 6) is 1.21. The van der Waals surface area contributed by atoms with E-state index < -0.39 is 0 Å². The van der Waals surface area contributed by atoms with Gasteiger partial charge in [0, 0.05) is 16.0 Å². The second-order valence-corrected chi connectivity index (χ2v) is 6.32. The van der Waals surface area contributed by atoms with Crippen molar-refractivity contribution in [3.63, 3.8) is 0 Å². The van der Waals surface area contributed by atoms with Crippen LogP contribution in [0.15, 0.2) is 71.6 Å². The number of nitrogens with one attached hydrogen (secondary N) is 1. The quantitative estimate of drug-likeness (QED) is 0.645. The van der Waals surface area contributed by atoms with Crippen molar-refractivity contribution >= 4 is 34.1 Å². The van der Waals surface area contributed by atoms with E-state index in [0.717, 1.165) is 27.1 Å². The van der Waals surface area contributed by atoms with E-state index in [4.69, 9.17) is 4.74 Å². The van der Waals surface area contributed by atoms with Crippen molar-refractivity contribution in [1.29, 1.82) is 0 Å². The van der Waals surface area contributed by atoms with E-state index in [-0.39, 0.29) is 5.91 Å². The van der Waals surface area contributed by atoms with Crippen LogP contribution in [-0.4, -0.2) is 18.3 Å². The summed E-state index contributed by atoms with van der Waals surface area (Å²) in [6.45, 7) is 2.61. The van der Waals surface area contributed by atoms with Gasteiger partial charge in [0.05, 0.1) is 12.4 Å². The lowest BCUT2D eigenvalue weighted by Gasteiger charge is -2.09. The van der Waals surface area contributed by atoms with Crippen LogP contribution in [-0.2, 0) is 4.79 Å². The summed E-state index contributed by atoms with van der Waals surface area (Å²) in [4.78, 5) is 13.3. The smallest absolute Gasteiger partial charge is 0.234 e. The number of fused-ring (bicyclic) bond motifs is 1. The molecule has 0 aliphatic carbocycles. The molecule has 122 valence electrons. The second kappa shape index (κ2) is 7.88. The Morgan fingerprint density at radius 2 is 1.75 bits per heavy atom. The molecule has 4 heteroatoms. The molecule has 3 aromatic carbocycles. The largest absolute Gasteiger partial charge is 0.494 e. The molecular formula is C20H19NO2S. The summed E-state index contributed by atoms with van der Waals surface area (Å²) < 4.78 is 5.42. The van der Waals surface area contributed by atoms with Gasteiger partial charge in [-0.1, -0.05) is 36.4 Å². The van der Waals surface area contributed by atoms with Crippen molar-refractivity contribution in [1.82, 2.24) is 0 Å². The maximum Gasteiger partial charge on any atom is 0.234 e. The first-order chi connectivity index (χ1) is 11.8. The molecule has 0 heterocycles. The molecule has 3 nitrogen and oxygen atoms in total. The Balaban J connectivity index is 1.61. The Bertz CT molecular complexity index is 825. The molecule has 0 radical (unpaired) electrons. The van der Waals surface area contributed by atoms with Crippen LogP contribution in [0.5, 0.6) is 5.75 Å². The monoisotopic (exact) mass is 337 g/mol. The zero-order valence-electron chi connectivity index (χ0n) is 13.5. The number of anilines is 1. The van der Waals surface area contributed by atoms with E-state index in [1.165, 1.54) is 11.8 Å². The van der Waals surface area contributed by atoms with Crippen LogP contribution in [0.3, 0.4) is 0 Å². The predicted molar refractivity (Wildman–Crippen MR) is 101 cm³/mol. The Morgan fingerprint density at radius 3 is 2.54 bits per heavy atom. The number of ether oxygens (including phenoxy) is 1. The average molecular weight is 337 g/mol. The van der Waals surface area contributed by atoms with Crippen LogP contribution in [0, 0.1) is 0 Å². The Morgan fingerprint density at radius 1 is 1.00 bits per heavy atom. The molecule has 24 heavy (non-hydrogen) atoms. The Kier molecular flexibility index (Phi) is 5.39. The van der Waals surface area contributed by atoms with Gasteiger partial charge < -0.3 is 10.1 Å². The van der Waals surface area contributed by atoms with E-state index >= 15 is 0 Å². The molecule has 0 aliphatic rings. The van der Waals surface area contributed by atoms with E-state index in [1.54, 1.807) is 0 Å². The fourth-order valence-electron chi connectivity index (χ4n) is 2.47. The first kappa shape index (κ1) is 16.4. The first-order valence-corrected chi connectivity index (χ1v) is 8.88. The number of hydrogen-bond donors (Lipinski definition) is 1. The highest BCUT2D eigenvalue weighted by Gasteiger charge is 2.06. The molecule has 0 unspecified atom stereocenters. The van der Waals surface area contributed by atoms with Gasteiger partial charge >= 0.3 is 0 Å². The molecule has 0 bridgehead atoms. The fraction of sp³-hybridized carbons (Fsp3) is 0.150. The molecular weight excluding hydrogens is 318 g/mol. The minimum atomic E-state index is -0.00904. The van der Waals surface area contributed by atoms with Crippen molar-refractivity contribution in [3.05, 3.63) is 66.7 Å². The van der Waals surface area contributed by atoms with Crippen molar-refractivity contribution in [2.45, 2.75) is 11.8 Å². The lowest BCUT2D eigenvalue weighted by Crippen LogP contribution is -2.14. The van der Waals surface area contributed by atoms with Crippen molar-refractivity contribution in [2.24, 2.45) is 0 Å². The summed E-state index contributed by atoms with van der Waals surface area (Å²) in [6, 6.07) is 21.8. The molecule has 0 spiro atoms. The molecule has 0 aromatic heterocycles. The molecule has 3 rings (SSSR count). The van der Waals surface area contributed by atoms with Crippen LogP contribution in [0.4, 0.5) is 5.69 Å². The van der Waals surface area contributed by atoms with Crippen LogP contribution >= 0.6 is 11.8 Å². The normalized spacial score (nSPS) is 10.5. The summed E-state index contributed by atoms with van der Waals surface area (Å²) in [5.41, 5.74) is 0.852. The van der Waals surface area contributed by atoms with Gasteiger partial charge in [-0.2, -0.15) is 0 Å². The van der Waals surface area contributed by atoms with Gasteiger partial charge in [-0.25, -0.2) is 0 Å². The summed E-state index contributed by atoms with van der Waals surface area (Å²) in [5, 5.41) is 5.18. The predicted octanol–water partition coefficient (Wildman–Crippen LogP) is 4.97. The van der Waals surface area contributed by atoms with E-state index in [0.29, 0.717) is 12.4 Å². The molecule has 0 aliphatic heterocycles. The molecule has 0 fully saturated rings. The highest BCUT2D eigenvalue weighted by molar-refractivity contribution is 8.00. The first-order valence-electron chi connectivity index (χ1n) is 7.89. The Labute approximate surface area is 146 Å². The summed E-state index contributed by atoms with van der Waals surface area (Å²) in [6.07, 6.45) is 0. The highest BCUT2D eigenvalue weighted by Crippen LogP contribution is 2.24. The lowest BCUT2D eigenvalue weighted by atomic mass is 10.1. The molecule has 1 amide bonds. The third kappa shape index (κ3) is 4.09. The van der Waals surface area contributed by atoms with Gasteiger partial charge in [-0.3, -0.25) is 4.79 Å². The topological polar surface area (TPSA) is 38.3 Å².